The second-order valence-corrected chi connectivity index (χ2v) is 13.2. The van der Waals surface area contributed by atoms with Gasteiger partial charge in [0.05, 0.1) is 29.9 Å². The number of amides is 1. The zero-order valence-electron chi connectivity index (χ0n) is 29.1. The molecule has 0 radical (unpaired) electrons. The summed E-state index contributed by atoms with van der Waals surface area (Å²) in [7, 11) is 0. The molecule has 5 rings (SSSR count). The predicted octanol–water partition coefficient (Wildman–Crippen LogP) is 3.66. The Morgan fingerprint density at radius 3 is 2.08 bits per heavy atom. The van der Waals surface area contributed by atoms with E-state index in [1.54, 1.807) is 36.4 Å². The van der Waals surface area contributed by atoms with Crippen LogP contribution in [0.4, 0.5) is 10.1 Å². The number of aliphatic hydroxyl groups excluding tert-OH is 5. The highest BCUT2D eigenvalue weighted by molar-refractivity contribution is 6.12. The lowest BCUT2D eigenvalue weighted by Crippen LogP contribution is -2.60. The standard InChI is InChI=1S/C39H43FN2O11/c1-21(2)31-30(37(49)41-25-11-7-4-8-12-25)29(22-9-5-3-6-10-22)32(23-13-15-24(40)16-14-23)42(31)18-17-26(43)19-27(44)20-28(45)52-39-35(48)33(46)34(47)36(53-39)38(50)51/h3-16,21,26-27,33-36,39,43-44,46-48H,17-20H2,1-2H3,(H,41,49)(H,50,51)/t26-,27-,33-,34-,35+,36-,39+/m0/s1. The fourth-order valence-corrected chi connectivity index (χ4v) is 6.52. The number of halogens is 1. The summed E-state index contributed by atoms with van der Waals surface area (Å²) < 4.78 is 26.0. The third-order valence-corrected chi connectivity index (χ3v) is 8.98. The molecule has 0 unspecified atom stereocenters. The number of carbonyl (C=O) groups excluding carboxylic acids is 2. The van der Waals surface area contributed by atoms with Gasteiger partial charge in [-0.15, -0.1) is 0 Å². The number of anilines is 1. The highest BCUT2D eigenvalue weighted by Crippen LogP contribution is 2.42. The molecule has 13 nitrogen and oxygen atoms in total. The van der Waals surface area contributed by atoms with Crippen LogP contribution >= 0.6 is 0 Å². The third-order valence-electron chi connectivity index (χ3n) is 8.98. The molecular formula is C39H43FN2O11. The lowest BCUT2D eigenvalue weighted by atomic mass is 9.94. The molecule has 1 aliphatic heterocycles. The first-order chi connectivity index (χ1) is 25.3. The van der Waals surface area contributed by atoms with E-state index in [0.717, 1.165) is 5.56 Å². The van der Waals surface area contributed by atoms with Crippen LogP contribution in [-0.4, -0.2) is 96.0 Å². The summed E-state index contributed by atoms with van der Waals surface area (Å²) in [6.45, 7) is 4.02. The van der Waals surface area contributed by atoms with Crippen molar-refractivity contribution in [2.45, 2.75) is 88.5 Å². The number of nitrogens with zero attached hydrogens (tertiary/aromatic N) is 1. The van der Waals surface area contributed by atoms with E-state index in [0.29, 0.717) is 33.8 Å². The van der Waals surface area contributed by atoms with Crippen molar-refractivity contribution in [3.63, 3.8) is 0 Å². The third kappa shape index (κ3) is 9.16. The quantitative estimate of drug-likeness (QED) is 0.0931. The van der Waals surface area contributed by atoms with Crippen molar-refractivity contribution < 1.29 is 58.9 Å². The minimum absolute atomic E-state index is 0.0531. The van der Waals surface area contributed by atoms with Crippen molar-refractivity contribution in [2.24, 2.45) is 0 Å². The van der Waals surface area contributed by atoms with Gasteiger partial charge in [0.2, 0.25) is 6.29 Å². The van der Waals surface area contributed by atoms with Crippen LogP contribution in [0.15, 0.2) is 84.9 Å². The second-order valence-electron chi connectivity index (χ2n) is 13.2. The van der Waals surface area contributed by atoms with E-state index in [-0.39, 0.29) is 31.2 Å². The number of carboxylic acid groups (broad SMARTS) is 1. The van der Waals surface area contributed by atoms with Crippen molar-refractivity contribution in [1.82, 2.24) is 4.57 Å². The van der Waals surface area contributed by atoms with Gasteiger partial charge in [0.25, 0.3) is 5.91 Å². The first-order valence-corrected chi connectivity index (χ1v) is 17.2. The van der Waals surface area contributed by atoms with Crippen LogP contribution in [0.5, 0.6) is 0 Å². The molecule has 0 spiro atoms. The van der Waals surface area contributed by atoms with Crippen molar-refractivity contribution in [1.29, 1.82) is 0 Å². The van der Waals surface area contributed by atoms with Crippen LogP contribution in [0.1, 0.15) is 55.1 Å². The van der Waals surface area contributed by atoms with Crippen LogP contribution in [0, 0.1) is 5.82 Å². The molecule has 4 aromatic rings. The van der Waals surface area contributed by atoms with Crippen molar-refractivity contribution in [2.75, 3.05) is 5.32 Å². The average molecular weight is 735 g/mol. The van der Waals surface area contributed by atoms with E-state index in [4.69, 9.17) is 9.47 Å². The van der Waals surface area contributed by atoms with Crippen LogP contribution < -0.4 is 5.32 Å². The zero-order valence-corrected chi connectivity index (χ0v) is 29.1. The Morgan fingerprint density at radius 2 is 1.47 bits per heavy atom. The maximum absolute atomic E-state index is 14.2. The van der Waals surface area contributed by atoms with Crippen molar-refractivity contribution in [3.05, 3.63) is 102 Å². The normalized spacial score (nSPS) is 21.2. The molecule has 7 atom stereocenters. The van der Waals surface area contributed by atoms with Crippen LogP contribution in [0.3, 0.4) is 0 Å². The molecule has 7 N–H and O–H groups in total. The highest BCUT2D eigenvalue weighted by Gasteiger charge is 2.48. The molecular weight excluding hydrogens is 691 g/mol. The first kappa shape index (κ1) is 39.3. The number of aromatic nitrogens is 1. The Morgan fingerprint density at radius 1 is 0.849 bits per heavy atom. The number of hydrogen-bond acceptors (Lipinski definition) is 10. The second kappa shape index (κ2) is 17.2. The summed E-state index contributed by atoms with van der Waals surface area (Å²) in [4.78, 5) is 38.2. The van der Waals surface area contributed by atoms with Gasteiger partial charge in [0.15, 0.2) is 6.10 Å². The SMILES string of the molecule is CC(C)c1c(C(=O)Nc2ccccc2)c(-c2ccccc2)c(-c2ccc(F)cc2)n1CC[C@H](O)C[C@H](O)CC(=O)O[C@@H]1O[C@H](C(=O)O)[C@@H](O)[C@H](O)[C@H]1O. The number of esters is 1. The first-order valence-electron chi connectivity index (χ1n) is 17.2. The van der Waals surface area contributed by atoms with E-state index >= 15 is 0 Å². The molecule has 14 heteroatoms. The van der Waals surface area contributed by atoms with Gasteiger partial charge in [-0.2, -0.15) is 0 Å². The number of para-hydroxylation sites is 1. The van der Waals surface area contributed by atoms with E-state index in [9.17, 15) is 49.4 Å². The fraction of sp³-hybridized carbons (Fsp3) is 0.359. The van der Waals surface area contributed by atoms with Gasteiger partial charge in [0.1, 0.15) is 24.1 Å². The molecule has 1 aromatic heterocycles. The summed E-state index contributed by atoms with van der Waals surface area (Å²) in [5, 5.41) is 64.0. The van der Waals surface area contributed by atoms with Crippen molar-refractivity contribution in [3.8, 4) is 22.4 Å². The summed E-state index contributed by atoms with van der Waals surface area (Å²) >= 11 is 0. The summed E-state index contributed by atoms with van der Waals surface area (Å²) in [5.74, 6) is -3.78. The number of aliphatic carboxylic acids is 1. The van der Waals surface area contributed by atoms with Crippen LogP contribution in [-0.2, 0) is 25.6 Å². The Kier molecular flexibility index (Phi) is 12.8. The lowest BCUT2D eigenvalue weighted by Gasteiger charge is -2.38. The molecule has 282 valence electrons. The van der Waals surface area contributed by atoms with Gasteiger partial charge in [0, 0.05) is 23.5 Å². The Bertz CT molecular complexity index is 1870. The molecule has 0 saturated carbocycles. The fourth-order valence-electron chi connectivity index (χ4n) is 6.52. The van der Waals surface area contributed by atoms with Gasteiger partial charge in [-0.25, -0.2) is 9.18 Å². The number of hydrogen-bond donors (Lipinski definition) is 7. The Hall–Kier alpha value is -4.96. The van der Waals surface area contributed by atoms with Gasteiger partial charge < -0.3 is 50.0 Å². The monoisotopic (exact) mass is 734 g/mol. The number of aliphatic hydroxyl groups is 5. The summed E-state index contributed by atoms with van der Waals surface area (Å²) in [6.07, 6.45) is -13.4. The van der Waals surface area contributed by atoms with Gasteiger partial charge in [-0.1, -0.05) is 62.4 Å². The number of rotatable bonds is 14. The highest BCUT2D eigenvalue weighted by atomic mass is 19.1. The Labute approximate surface area is 304 Å². The van der Waals surface area contributed by atoms with Gasteiger partial charge >= 0.3 is 11.9 Å². The summed E-state index contributed by atoms with van der Waals surface area (Å²) in [5.41, 5.74) is 4.24. The molecule has 2 heterocycles. The number of nitrogens with one attached hydrogen (secondary N) is 1. The predicted molar refractivity (Wildman–Crippen MR) is 190 cm³/mol. The maximum atomic E-state index is 14.2. The average Bonchev–Trinajstić information content (AvgIpc) is 3.47. The van der Waals surface area contributed by atoms with Crippen LogP contribution in [0.2, 0.25) is 0 Å². The van der Waals surface area contributed by atoms with E-state index in [2.05, 4.69) is 5.32 Å². The molecule has 53 heavy (non-hydrogen) atoms. The van der Waals surface area contributed by atoms with E-state index < -0.39 is 67.1 Å². The lowest BCUT2D eigenvalue weighted by molar-refractivity contribution is -0.286. The number of carbonyl (C=O) groups is 3. The van der Waals surface area contributed by atoms with Gasteiger partial charge in [-0.05, 0) is 66.3 Å². The largest absolute Gasteiger partial charge is 0.479 e. The molecule has 0 bridgehead atoms. The van der Waals surface area contributed by atoms with Crippen molar-refractivity contribution >= 4 is 23.5 Å². The minimum atomic E-state index is -1.98. The molecule has 1 fully saturated rings. The molecule has 1 saturated heterocycles. The number of benzene rings is 3. The van der Waals surface area contributed by atoms with E-state index in [1.807, 2.05) is 54.8 Å². The molecule has 1 aliphatic rings. The zero-order chi connectivity index (χ0) is 38.4. The molecule has 3 aromatic carbocycles. The number of ether oxygens (including phenoxy) is 2. The molecule has 0 aliphatic carbocycles. The summed E-state index contributed by atoms with van der Waals surface area (Å²) in [6, 6.07) is 24.2. The maximum Gasteiger partial charge on any atom is 0.335 e. The minimum Gasteiger partial charge on any atom is -0.479 e. The van der Waals surface area contributed by atoms with Crippen LogP contribution in [0.25, 0.3) is 22.4 Å². The van der Waals surface area contributed by atoms with E-state index in [1.165, 1.54) is 12.1 Å². The number of carboxylic acids is 1. The smallest absolute Gasteiger partial charge is 0.335 e. The molecule has 1 amide bonds. The van der Waals surface area contributed by atoms with Gasteiger partial charge in [-0.3, -0.25) is 9.59 Å². The Balaban J connectivity index is 1.41. The topological polar surface area (TPSA) is 208 Å².